The first kappa shape index (κ1) is 45.2. The Morgan fingerprint density at radius 2 is 0.818 bits per heavy atom. The molecule has 0 radical (unpaired) electrons. The normalized spacial score (nSPS) is 13.0. The van der Waals surface area contributed by atoms with Gasteiger partial charge in [0.2, 0.25) is 0 Å². The minimum atomic E-state index is 0.110. The van der Waals surface area contributed by atoms with E-state index in [2.05, 4.69) is 102 Å². The Bertz CT molecular complexity index is 1480. The second kappa shape index (κ2) is 25.0. The summed E-state index contributed by atoms with van der Waals surface area (Å²) in [6.07, 6.45) is 35.1. The molecule has 1 aliphatic carbocycles. The molecule has 0 spiro atoms. The van der Waals surface area contributed by atoms with Crippen molar-refractivity contribution in [3.05, 3.63) is 76.3 Å². The molecule has 0 unspecified atom stereocenters. The first-order valence-electron chi connectivity index (χ1n) is 24.0. The lowest BCUT2D eigenvalue weighted by Crippen LogP contribution is -2.27. The Morgan fingerprint density at radius 1 is 0.400 bits per heavy atom. The maximum absolute atomic E-state index is 2.81. The van der Waals surface area contributed by atoms with Crippen molar-refractivity contribution in [2.24, 2.45) is 0 Å². The molecule has 0 amide bonds. The highest BCUT2D eigenvalue weighted by atomic mass is 15.1. The van der Waals surface area contributed by atoms with E-state index >= 15 is 0 Å². The smallest absolute Gasteiger partial charge is 0.0448 e. The van der Waals surface area contributed by atoms with Gasteiger partial charge in [0, 0.05) is 29.8 Å². The molecule has 1 heteroatoms. The molecular formula is C54H85N. The van der Waals surface area contributed by atoms with E-state index in [0.29, 0.717) is 0 Å². The zero-order valence-electron chi connectivity index (χ0n) is 37.4. The van der Waals surface area contributed by atoms with Gasteiger partial charge in [-0.25, -0.2) is 0 Å². The van der Waals surface area contributed by atoms with Gasteiger partial charge in [-0.15, -0.1) is 0 Å². The van der Waals surface area contributed by atoms with E-state index in [4.69, 9.17) is 0 Å². The molecule has 3 aromatic rings. The monoisotopic (exact) mass is 748 g/mol. The van der Waals surface area contributed by atoms with Crippen LogP contribution in [-0.4, -0.2) is 13.1 Å². The zero-order chi connectivity index (χ0) is 39.3. The molecule has 0 N–H and O–H groups in total. The molecular weight excluding hydrogens is 663 g/mol. The Morgan fingerprint density at radius 3 is 1.33 bits per heavy atom. The fourth-order valence-corrected chi connectivity index (χ4v) is 9.67. The largest absolute Gasteiger partial charge is 0.371 e. The fraction of sp³-hybridized carbons (Fsp3) is 0.667. The molecule has 4 rings (SSSR count). The second-order valence-electron chi connectivity index (χ2n) is 17.9. The number of benzene rings is 3. The number of rotatable bonds is 30. The van der Waals surface area contributed by atoms with Crippen molar-refractivity contribution < 1.29 is 0 Å². The molecule has 0 saturated carbocycles. The first-order valence-corrected chi connectivity index (χ1v) is 24.0. The standard InChI is InChI=1S/C54H85N/c1-8-12-16-20-24-28-36-54(37-29-25-21-17-13-9-2)51-40-44(5)32-34-48(51)49-35-33-47(43-52(49)54)50-41-45(6)46(7)42-53(50)55(38-30-26-22-18-14-10-3)39-31-27-23-19-15-11-4/h32-35,40-43H,8-31,36-39H2,1-7H3. The lowest BCUT2D eigenvalue weighted by Gasteiger charge is -2.34. The van der Waals surface area contributed by atoms with Crippen molar-refractivity contribution in [1.82, 2.24) is 0 Å². The maximum atomic E-state index is 2.81. The van der Waals surface area contributed by atoms with Crippen LogP contribution in [0.25, 0.3) is 22.3 Å². The fourth-order valence-electron chi connectivity index (χ4n) is 9.67. The molecule has 1 nitrogen and oxygen atoms in total. The van der Waals surface area contributed by atoms with Gasteiger partial charge in [-0.2, -0.15) is 0 Å². The molecule has 0 aliphatic heterocycles. The molecule has 0 saturated heterocycles. The van der Waals surface area contributed by atoms with Gasteiger partial charge in [0.05, 0.1) is 0 Å². The van der Waals surface area contributed by atoms with Gasteiger partial charge >= 0.3 is 0 Å². The summed E-state index contributed by atoms with van der Waals surface area (Å²) in [7, 11) is 0. The Labute approximate surface area is 341 Å². The number of anilines is 1. The van der Waals surface area contributed by atoms with E-state index < -0.39 is 0 Å². The molecule has 306 valence electrons. The summed E-state index contributed by atoms with van der Waals surface area (Å²) in [6, 6.07) is 20.3. The Balaban J connectivity index is 1.74. The van der Waals surface area contributed by atoms with Crippen molar-refractivity contribution in [1.29, 1.82) is 0 Å². The van der Waals surface area contributed by atoms with E-state index in [-0.39, 0.29) is 5.41 Å². The van der Waals surface area contributed by atoms with Crippen LogP contribution in [0.5, 0.6) is 0 Å². The number of unbranched alkanes of at least 4 members (excludes halogenated alkanes) is 20. The topological polar surface area (TPSA) is 3.24 Å². The van der Waals surface area contributed by atoms with Crippen LogP contribution in [0.4, 0.5) is 5.69 Å². The summed E-state index contributed by atoms with van der Waals surface area (Å²) in [5.74, 6) is 0. The number of aryl methyl sites for hydroxylation is 3. The highest BCUT2D eigenvalue weighted by Gasteiger charge is 2.42. The van der Waals surface area contributed by atoms with Crippen molar-refractivity contribution >= 4 is 5.69 Å². The third-order valence-electron chi connectivity index (χ3n) is 13.3. The summed E-state index contributed by atoms with van der Waals surface area (Å²) in [4.78, 5) is 2.81. The molecule has 0 heterocycles. The summed E-state index contributed by atoms with van der Waals surface area (Å²) >= 11 is 0. The maximum Gasteiger partial charge on any atom is 0.0448 e. The van der Waals surface area contributed by atoms with E-state index in [1.165, 1.54) is 225 Å². The summed E-state index contributed by atoms with van der Waals surface area (Å²) in [5, 5.41) is 0. The van der Waals surface area contributed by atoms with Crippen LogP contribution >= 0.6 is 0 Å². The number of nitrogens with zero attached hydrogens (tertiary/aromatic N) is 1. The molecule has 0 aromatic heterocycles. The van der Waals surface area contributed by atoms with Gasteiger partial charge in [0.25, 0.3) is 0 Å². The van der Waals surface area contributed by atoms with Gasteiger partial charge in [0.15, 0.2) is 0 Å². The molecule has 0 fully saturated rings. The van der Waals surface area contributed by atoms with Crippen LogP contribution in [0, 0.1) is 20.8 Å². The summed E-state index contributed by atoms with van der Waals surface area (Å²) < 4.78 is 0. The summed E-state index contributed by atoms with van der Waals surface area (Å²) in [6.45, 7) is 18.7. The molecule has 55 heavy (non-hydrogen) atoms. The summed E-state index contributed by atoms with van der Waals surface area (Å²) in [5.41, 5.74) is 15.0. The number of hydrogen-bond acceptors (Lipinski definition) is 1. The zero-order valence-corrected chi connectivity index (χ0v) is 37.4. The predicted octanol–water partition coefficient (Wildman–Crippen LogP) is 17.6. The number of hydrogen-bond donors (Lipinski definition) is 0. The molecule has 0 atom stereocenters. The third-order valence-corrected chi connectivity index (χ3v) is 13.3. The van der Waals surface area contributed by atoms with Gasteiger partial charge in [0.1, 0.15) is 0 Å². The predicted molar refractivity (Wildman–Crippen MR) is 247 cm³/mol. The van der Waals surface area contributed by atoms with Crippen LogP contribution in [-0.2, 0) is 5.41 Å². The highest BCUT2D eigenvalue weighted by molar-refractivity contribution is 5.87. The lowest BCUT2D eigenvalue weighted by molar-refractivity contribution is 0.398. The van der Waals surface area contributed by atoms with Crippen LogP contribution in [0.2, 0.25) is 0 Å². The second-order valence-corrected chi connectivity index (χ2v) is 17.9. The van der Waals surface area contributed by atoms with Crippen LogP contribution in [0.15, 0.2) is 48.5 Å². The molecule has 0 bridgehead atoms. The van der Waals surface area contributed by atoms with Crippen molar-refractivity contribution in [3.8, 4) is 22.3 Å². The average Bonchev–Trinajstić information content (AvgIpc) is 3.45. The van der Waals surface area contributed by atoms with Crippen molar-refractivity contribution in [3.63, 3.8) is 0 Å². The minimum Gasteiger partial charge on any atom is -0.371 e. The van der Waals surface area contributed by atoms with E-state index in [1.54, 1.807) is 11.1 Å². The van der Waals surface area contributed by atoms with Crippen molar-refractivity contribution in [2.45, 2.75) is 221 Å². The van der Waals surface area contributed by atoms with Gasteiger partial charge < -0.3 is 4.90 Å². The molecule has 1 aliphatic rings. The van der Waals surface area contributed by atoms with E-state index in [1.807, 2.05) is 0 Å². The highest BCUT2D eigenvalue weighted by Crippen LogP contribution is 2.55. The first-order chi connectivity index (χ1) is 26.9. The van der Waals surface area contributed by atoms with Crippen molar-refractivity contribution in [2.75, 3.05) is 18.0 Å². The lowest BCUT2D eigenvalue weighted by atomic mass is 9.70. The van der Waals surface area contributed by atoms with Gasteiger partial charge in [-0.1, -0.05) is 205 Å². The Kier molecular flexibility index (Phi) is 20.5. The van der Waals surface area contributed by atoms with E-state index in [9.17, 15) is 0 Å². The number of fused-ring (bicyclic) bond motifs is 3. The Hall–Kier alpha value is -2.54. The van der Waals surface area contributed by atoms with Gasteiger partial charge in [-0.3, -0.25) is 0 Å². The third kappa shape index (κ3) is 13.3. The SMILES string of the molecule is CCCCCCCCN(CCCCCCCC)c1cc(C)c(C)cc1-c1ccc2c(c1)C(CCCCCCCC)(CCCCCCCC)c1cc(C)ccc1-2. The van der Waals surface area contributed by atoms with Gasteiger partial charge in [-0.05, 0) is 104 Å². The van der Waals surface area contributed by atoms with E-state index in [0.717, 1.165) is 0 Å². The van der Waals surface area contributed by atoms with Crippen LogP contribution < -0.4 is 4.90 Å². The van der Waals surface area contributed by atoms with Crippen LogP contribution in [0.1, 0.15) is 222 Å². The average molecular weight is 748 g/mol. The molecule has 3 aromatic carbocycles. The minimum absolute atomic E-state index is 0.110. The quantitative estimate of drug-likeness (QED) is 0.0614. The van der Waals surface area contributed by atoms with Crippen LogP contribution in [0.3, 0.4) is 0 Å².